The molecule has 0 radical (unpaired) electrons. The van der Waals surface area contributed by atoms with Crippen LogP contribution in [0.25, 0.3) is 0 Å². The summed E-state index contributed by atoms with van der Waals surface area (Å²) in [4.78, 5) is 16.4. The molecule has 1 aliphatic carbocycles. The van der Waals surface area contributed by atoms with E-state index < -0.39 is 0 Å². The van der Waals surface area contributed by atoms with Gasteiger partial charge in [-0.15, -0.1) is 0 Å². The van der Waals surface area contributed by atoms with Gasteiger partial charge < -0.3 is 16.0 Å². The van der Waals surface area contributed by atoms with Crippen molar-refractivity contribution in [2.24, 2.45) is 4.99 Å². The predicted octanol–water partition coefficient (Wildman–Crippen LogP) is 2.18. The van der Waals surface area contributed by atoms with Gasteiger partial charge in [-0.1, -0.05) is 32.6 Å². The highest BCUT2D eigenvalue weighted by Gasteiger charge is 2.15. The Morgan fingerprint density at radius 1 is 1.14 bits per heavy atom. The summed E-state index contributed by atoms with van der Waals surface area (Å²) in [7, 11) is 0. The number of amides is 1. The molecule has 0 aromatic carbocycles. The van der Waals surface area contributed by atoms with Crippen molar-refractivity contribution in [2.75, 3.05) is 19.6 Å². The van der Waals surface area contributed by atoms with Crippen LogP contribution in [0.4, 0.5) is 0 Å². The first kappa shape index (κ1) is 17.8. The first-order valence-electron chi connectivity index (χ1n) is 8.57. The van der Waals surface area contributed by atoms with E-state index in [1.54, 1.807) is 0 Å². The monoisotopic (exact) mass is 296 g/mol. The van der Waals surface area contributed by atoms with E-state index in [9.17, 15) is 4.79 Å². The first-order valence-corrected chi connectivity index (χ1v) is 8.57. The molecule has 0 spiro atoms. The second-order valence-electron chi connectivity index (χ2n) is 5.69. The molecule has 122 valence electrons. The van der Waals surface area contributed by atoms with Gasteiger partial charge in [0.1, 0.15) is 0 Å². The average molecular weight is 296 g/mol. The minimum absolute atomic E-state index is 0.152. The smallest absolute Gasteiger partial charge is 0.221 e. The predicted molar refractivity (Wildman–Crippen MR) is 88.5 cm³/mol. The first-order chi connectivity index (χ1) is 10.3. The zero-order valence-electron chi connectivity index (χ0n) is 13.7. The zero-order chi connectivity index (χ0) is 15.3. The Morgan fingerprint density at radius 3 is 2.57 bits per heavy atom. The maximum absolute atomic E-state index is 11.9. The van der Waals surface area contributed by atoms with Crippen molar-refractivity contribution >= 4 is 11.9 Å². The molecule has 1 fully saturated rings. The number of nitrogens with one attached hydrogen (secondary N) is 3. The number of unbranched alkanes of at least 4 members (excludes halogenated alkanes) is 1. The van der Waals surface area contributed by atoms with E-state index in [1.807, 2.05) is 6.92 Å². The normalized spacial score (nSPS) is 16.6. The Hall–Kier alpha value is -1.26. The van der Waals surface area contributed by atoms with Gasteiger partial charge in [-0.05, 0) is 26.2 Å². The molecule has 0 heterocycles. The summed E-state index contributed by atoms with van der Waals surface area (Å²) in [5.74, 6) is 0.968. The number of hydrogen-bond donors (Lipinski definition) is 3. The molecule has 0 aromatic rings. The number of carbonyl (C=O) groups is 1. The molecule has 0 unspecified atom stereocenters. The van der Waals surface area contributed by atoms with Crippen LogP contribution < -0.4 is 16.0 Å². The molecule has 5 nitrogen and oxygen atoms in total. The Kier molecular flexibility index (Phi) is 9.66. The Balaban J connectivity index is 2.19. The molecule has 1 rings (SSSR count). The lowest BCUT2D eigenvalue weighted by Crippen LogP contribution is -2.41. The minimum Gasteiger partial charge on any atom is -0.357 e. The van der Waals surface area contributed by atoms with Crippen LogP contribution in [0.2, 0.25) is 0 Å². The van der Waals surface area contributed by atoms with Crippen LogP contribution in [-0.2, 0) is 4.79 Å². The van der Waals surface area contributed by atoms with Gasteiger partial charge in [-0.2, -0.15) is 0 Å². The highest BCUT2D eigenvalue weighted by Crippen LogP contribution is 2.17. The van der Waals surface area contributed by atoms with Gasteiger partial charge in [0.15, 0.2) is 5.96 Å². The summed E-state index contributed by atoms with van der Waals surface area (Å²) in [5.41, 5.74) is 0. The van der Waals surface area contributed by atoms with E-state index >= 15 is 0 Å². The van der Waals surface area contributed by atoms with E-state index in [2.05, 4.69) is 27.9 Å². The van der Waals surface area contributed by atoms with E-state index in [0.717, 1.165) is 44.7 Å². The summed E-state index contributed by atoms with van der Waals surface area (Å²) in [6.07, 6.45) is 8.84. The fourth-order valence-corrected chi connectivity index (χ4v) is 2.53. The molecule has 1 saturated carbocycles. The van der Waals surface area contributed by atoms with Crippen LogP contribution in [0, 0.1) is 0 Å². The van der Waals surface area contributed by atoms with E-state index in [4.69, 9.17) is 0 Å². The lowest BCUT2D eigenvalue weighted by molar-refractivity contribution is -0.121. The minimum atomic E-state index is 0.152. The molecule has 5 heteroatoms. The molecular formula is C16H32N4O. The second kappa shape index (κ2) is 11.4. The summed E-state index contributed by atoms with van der Waals surface area (Å²) in [5, 5.41) is 9.57. The van der Waals surface area contributed by atoms with Gasteiger partial charge >= 0.3 is 0 Å². The van der Waals surface area contributed by atoms with Crippen molar-refractivity contribution in [3.63, 3.8) is 0 Å². The number of guanidine groups is 1. The van der Waals surface area contributed by atoms with Crippen molar-refractivity contribution in [1.82, 2.24) is 16.0 Å². The van der Waals surface area contributed by atoms with Gasteiger partial charge in [0, 0.05) is 32.1 Å². The molecule has 0 saturated heterocycles. The van der Waals surface area contributed by atoms with Crippen LogP contribution >= 0.6 is 0 Å². The van der Waals surface area contributed by atoms with Gasteiger partial charge in [-0.3, -0.25) is 9.79 Å². The molecule has 21 heavy (non-hydrogen) atoms. The number of rotatable bonds is 8. The molecule has 0 atom stereocenters. The van der Waals surface area contributed by atoms with Gasteiger partial charge in [-0.25, -0.2) is 0 Å². The fourth-order valence-electron chi connectivity index (χ4n) is 2.53. The molecule has 0 aromatic heterocycles. The van der Waals surface area contributed by atoms with Crippen molar-refractivity contribution in [3.8, 4) is 0 Å². The van der Waals surface area contributed by atoms with Crippen LogP contribution in [0.15, 0.2) is 4.99 Å². The van der Waals surface area contributed by atoms with Crippen LogP contribution in [0.3, 0.4) is 0 Å². The quantitative estimate of drug-likeness (QED) is 0.365. The molecule has 0 aliphatic heterocycles. The molecular weight excluding hydrogens is 264 g/mol. The van der Waals surface area contributed by atoms with Gasteiger partial charge in [0.05, 0.1) is 0 Å². The van der Waals surface area contributed by atoms with Gasteiger partial charge in [0.25, 0.3) is 0 Å². The number of aliphatic imine (C=N–C) groups is 1. The topological polar surface area (TPSA) is 65.5 Å². The Bertz CT molecular complexity index is 311. The molecule has 1 aliphatic rings. The lowest BCUT2D eigenvalue weighted by atomic mass is 9.95. The van der Waals surface area contributed by atoms with Crippen molar-refractivity contribution < 1.29 is 4.79 Å². The Morgan fingerprint density at radius 2 is 1.90 bits per heavy atom. The summed E-state index contributed by atoms with van der Waals surface area (Å²) < 4.78 is 0. The highest BCUT2D eigenvalue weighted by atomic mass is 16.1. The largest absolute Gasteiger partial charge is 0.357 e. The third-order valence-electron chi connectivity index (χ3n) is 3.74. The maximum atomic E-state index is 11.9. The third kappa shape index (κ3) is 8.58. The molecule has 3 N–H and O–H groups in total. The van der Waals surface area contributed by atoms with Crippen molar-refractivity contribution in [2.45, 2.75) is 71.3 Å². The zero-order valence-corrected chi connectivity index (χ0v) is 13.7. The van der Waals surface area contributed by atoms with Crippen LogP contribution in [0.1, 0.15) is 65.2 Å². The van der Waals surface area contributed by atoms with Crippen LogP contribution in [-0.4, -0.2) is 37.5 Å². The summed E-state index contributed by atoms with van der Waals surface area (Å²) >= 11 is 0. The third-order valence-corrected chi connectivity index (χ3v) is 3.74. The number of nitrogens with zero attached hydrogens (tertiary/aromatic N) is 1. The lowest BCUT2D eigenvalue weighted by Gasteiger charge is -2.22. The van der Waals surface area contributed by atoms with Gasteiger partial charge in [0.2, 0.25) is 5.91 Å². The summed E-state index contributed by atoms with van der Waals surface area (Å²) in [6.45, 7) is 6.51. The van der Waals surface area contributed by atoms with E-state index in [-0.39, 0.29) is 5.91 Å². The van der Waals surface area contributed by atoms with E-state index in [1.165, 1.54) is 19.3 Å². The number of carbonyl (C=O) groups excluding carboxylic acids is 1. The highest BCUT2D eigenvalue weighted by molar-refractivity contribution is 5.81. The standard InChI is InChI=1S/C16H32N4O/c1-3-5-12-18-16(17-4-2)19-13-11-15(21)20-14-9-7-6-8-10-14/h14H,3-13H2,1-2H3,(H,20,21)(H2,17,18,19). The SMILES string of the molecule is CCCCN=C(NCC)NCCC(=O)NC1CCCCC1. The fraction of sp³-hybridized carbons (Fsp3) is 0.875. The summed E-state index contributed by atoms with van der Waals surface area (Å²) in [6, 6.07) is 0.401. The second-order valence-corrected chi connectivity index (χ2v) is 5.69. The Labute approximate surface area is 129 Å². The van der Waals surface area contributed by atoms with Crippen LogP contribution in [0.5, 0.6) is 0 Å². The number of hydrogen-bond acceptors (Lipinski definition) is 2. The average Bonchev–Trinajstić information content (AvgIpc) is 2.48. The molecule has 0 bridgehead atoms. The van der Waals surface area contributed by atoms with Crippen molar-refractivity contribution in [3.05, 3.63) is 0 Å². The van der Waals surface area contributed by atoms with E-state index in [0.29, 0.717) is 19.0 Å². The molecule has 1 amide bonds. The van der Waals surface area contributed by atoms with Crippen molar-refractivity contribution in [1.29, 1.82) is 0 Å². The maximum Gasteiger partial charge on any atom is 0.221 e.